The smallest absolute Gasteiger partial charge is 0.423 e. The maximum Gasteiger partial charge on any atom is 0.423 e. The Hall–Kier alpha value is -0.980. The van der Waals surface area contributed by atoms with E-state index >= 15 is 0 Å². The van der Waals surface area contributed by atoms with Gasteiger partial charge in [-0.1, -0.05) is 11.8 Å². The van der Waals surface area contributed by atoms with E-state index < -0.39 is 17.6 Å². The predicted molar refractivity (Wildman–Crippen MR) is 54.6 cm³/mol. The Morgan fingerprint density at radius 3 is 2.44 bits per heavy atom. The zero-order valence-electron chi connectivity index (χ0n) is 9.00. The van der Waals surface area contributed by atoms with E-state index in [0.29, 0.717) is 0 Å². The summed E-state index contributed by atoms with van der Waals surface area (Å²) < 4.78 is 42.7. The first-order chi connectivity index (χ1) is 7.34. The van der Waals surface area contributed by atoms with Gasteiger partial charge in [-0.05, 0) is 20.1 Å². The molecule has 0 aromatic carbocycles. The second kappa shape index (κ2) is 4.90. The van der Waals surface area contributed by atoms with Crippen LogP contribution in [0.5, 0.6) is 5.88 Å². The van der Waals surface area contributed by atoms with E-state index in [9.17, 15) is 13.2 Å². The molecule has 7 heteroatoms. The van der Waals surface area contributed by atoms with Crippen LogP contribution in [0.2, 0.25) is 0 Å². The lowest BCUT2D eigenvalue weighted by Gasteiger charge is -2.14. The molecule has 90 valence electrons. The number of alkyl halides is 3. The van der Waals surface area contributed by atoms with Crippen LogP contribution in [-0.2, 0) is 6.18 Å². The average molecular weight is 252 g/mol. The van der Waals surface area contributed by atoms with Gasteiger partial charge in [0.1, 0.15) is 5.56 Å². The van der Waals surface area contributed by atoms with Gasteiger partial charge in [0, 0.05) is 6.20 Å². The van der Waals surface area contributed by atoms with Gasteiger partial charge in [-0.15, -0.1) is 0 Å². The summed E-state index contributed by atoms with van der Waals surface area (Å²) >= 11 is 1.16. The summed E-state index contributed by atoms with van der Waals surface area (Å²) in [5.74, 6) is -0.415. The maximum atomic E-state index is 12.6. The van der Waals surface area contributed by atoms with Crippen molar-refractivity contribution in [3.05, 3.63) is 11.8 Å². The van der Waals surface area contributed by atoms with E-state index in [2.05, 4.69) is 9.97 Å². The Bertz CT molecular complexity index is 368. The third-order valence-corrected chi connectivity index (χ3v) is 2.13. The summed E-state index contributed by atoms with van der Waals surface area (Å²) in [5.41, 5.74) is -0.945. The molecule has 16 heavy (non-hydrogen) atoms. The Morgan fingerprint density at radius 1 is 1.38 bits per heavy atom. The fourth-order valence-corrected chi connectivity index (χ4v) is 1.29. The van der Waals surface area contributed by atoms with E-state index in [1.54, 1.807) is 20.1 Å². The van der Waals surface area contributed by atoms with Crippen LogP contribution in [0.15, 0.2) is 11.4 Å². The van der Waals surface area contributed by atoms with Crippen molar-refractivity contribution in [2.45, 2.75) is 31.3 Å². The normalized spacial score (nSPS) is 11.9. The maximum absolute atomic E-state index is 12.6. The fraction of sp³-hybridized carbons (Fsp3) is 0.556. The first kappa shape index (κ1) is 13.1. The largest absolute Gasteiger partial charge is 0.474 e. The molecule has 0 aliphatic rings. The van der Waals surface area contributed by atoms with Gasteiger partial charge in [0.25, 0.3) is 0 Å². The first-order valence-electron chi connectivity index (χ1n) is 4.49. The van der Waals surface area contributed by atoms with Crippen LogP contribution in [0.4, 0.5) is 13.2 Å². The zero-order chi connectivity index (χ0) is 12.3. The van der Waals surface area contributed by atoms with Crippen LogP contribution in [0.1, 0.15) is 19.4 Å². The molecule has 1 rings (SSSR count). The number of halogens is 3. The number of thioether (sulfide) groups is 1. The van der Waals surface area contributed by atoms with Crippen LogP contribution in [0.25, 0.3) is 0 Å². The molecule has 0 N–H and O–H groups in total. The summed E-state index contributed by atoms with van der Waals surface area (Å²) in [6.07, 6.45) is -2.44. The molecule has 0 unspecified atom stereocenters. The van der Waals surface area contributed by atoms with Gasteiger partial charge in [-0.3, -0.25) is 0 Å². The van der Waals surface area contributed by atoms with Crippen molar-refractivity contribution in [1.29, 1.82) is 0 Å². The van der Waals surface area contributed by atoms with E-state index in [0.717, 1.165) is 18.0 Å². The molecule has 0 amide bonds. The van der Waals surface area contributed by atoms with E-state index in [1.165, 1.54) is 0 Å². The Kier molecular flexibility index (Phi) is 4.01. The lowest BCUT2D eigenvalue weighted by Crippen LogP contribution is -2.15. The molecule has 1 heterocycles. The van der Waals surface area contributed by atoms with Crippen LogP contribution < -0.4 is 4.74 Å². The van der Waals surface area contributed by atoms with Crippen molar-refractivity contribution in [2.75, 3.05) is 6.26 Å². The number of rotatable bonds is 3. The minimum Gasteiger partial charge on any atom is -0.474 e. The zero-order valence-corrected chi connectivity index (χ0v) is 9.82. The summed E-state index contributed by atoms with van der Waals surface area (Å²) in [7, 11) is 0. The molecule has 0 atom stereocenters. The molecule has 0 spiro atoms. The number of nitrogens with zero attached hydrogens (tertiary/aromatic N) is 2. The third kappa shape index (κ3) is 3.26. The van der Waals surface area contributed by atoms with Gasteiger partial charge in [-0.2, -0.15) is 18.2 Å². The minimum absolute atomic E-state index is 0.253. The first-order valence-corrected chi connectivity index (χ1v) is 5.72. The van der Waals surface area contributed by atoms with Crippen molar-refractivity contribution in [3.8, 4) is 5.88 Å². The number of hydrogen-bond acceptors (Lipinski definition) is 4. The molecule has 1 aromatic heterocycles. The minimum atomic E-state index is -4.50. The average Bonchev–Trinajstić information content (AvgIpc) is 2.14. The Labute approximate surface area is 95.4 Å². The van der Waals surface area contributed by atoms with Crippen molar-refractivity contribution >= 4 is 11.8 Å². The molecule has 0 aliphatic carbocycles. The van der Waals surface area contributed by atoms with Gasteiger partial charge in [-0.25, -0.2) is 4.98 Å². The predicted octanol–water partition coefficient (Wildman–Crippen LogP) is 3.00. The molecule has 0 bridgehead atoms. The lowest BCUT2D eigenvalue weighted by atomic mass is 10.3. The summed E-state index contributed by atoms with van der Waals surface area (Å²) in [6, 6.07) is 0. The lowest BCUT2D eigenvalue weighted by molar-refractivity contribution is -0.139. The highest BCUT2D eigenvalue weighted by atomic mass is 32.2. The molecular formula is C9H11F3N2OS. The number of ether oxygens (including phenoxy) is 1. The number of aromatic nitrogens is 2. The van der Waals surface area contributed by atoms with E-state index in [4.69, 9.17) is 4.74 Å². The molecule has 3 nitrogen and oxygen atoms in total. The quantitative estimate of drug-likeness (QED) is 0.612. The van der Waals surface area contributed by atoms with Crippen molar-refractivity contribution in [3.63, 3.8) is 0 Å². The van der Waals surface area contributed by atoms with Crippen molar-refractivity contribution in [2.24, 2.45) is 0 Å². The van der Waals surface area contributed by atoms with Crippen molar-refractivity contribution in [1.82, 2.24) is 9.97 Å². The summed E-state index contributed by atoms with van der Waals surface area (Å²) in [4.78, 5) is 7.29. The Balaban J connectivity index is 3.16. The van der Waals surface area contributed by atoms with E-state index in [1.807, 2.05) is 0 Å². The summed E-state index contributed by atoms with van der Waals surface area (Å²) in [5, 5.41) is 0.253. The molecule has 0 radical (unpaired) electrons. The molecule has 0 saturated carbocycles. The molecule has 0 fully saturated rings. The number of hydrogen-bond donors (Lipinski definition) is 0. The van der Waals surface area contributed by atoms with E-state index in [-0.39, 0.29) is 11.3 Å². The molecule has 0 aliphatic heterocycles. The highest BCUT2D eigenvalue weighted by molar-refractivity contribution is 7.98. The second-order valence-electron chi connectivity index (χ2n) is 3.24. The Morgan fingerprint density at radius 2 is 2.00 bits per heavy atom. The molecular weight excluding hydrogens is 241 g/mol. The fourth-order valence-electron chi connectivity index (χ4n) is 0.957. The second-order valence-corrected chi connectivity index (χ2v) is 4.01. The highest BCUT2D eigenvalue weighted by Gasteiger charge is 2.36. The standard InChI is InChI=1S/C9H11F3N2OS/c1-5(2)15-7-6(9(10,11)12)4-13-8(14-7)16-3/h4-5H,1-3H3. The van der Waals surface area contributed by atoms with Crippen molar-refractivity contribution < 1.29 is 17.9 Å². The molecule has 0 saturated heterocycles. The third-order valence-electron chi connectivity index (χ3n) is 1.57. The van der Waals surface area contributed by atoms with Crippen LogP contribution in [-0.4, -0.2) is 22.3 Å². The van der Waals surface area contributed by atoms with Crippen LogP contribution >= 0.6 is 11.8 Å². The van der Waals surface area contributed by atoms with Gasteiger partial charge in [0.2, 0.25) is 5.88 Å². The molecule has 1 aromatic rings. The van der Waals surface area contributed by atoms with Crippen LogP contribution in [0, 0.1) is 0 Å². The van der Waals surface area contributed by atoms with Gasteiger partial charge in [0.15, 0.2) is 5.16 Å². The SMILES string of the molecule is CSc1ncc(C(F)(F)F)c(OC(C)C)n1. The monoisotopic (exact) mass is 252 g/mol. The topological polar surface area (TPSA) is 35.0 Å². The highest BCUT2D eigenvalue weighted by Crippen LogP contribution is 2.35. The summed E-state index contributed by atoms with van der Waals surface area (Å²) in [6.45, 7) is 3.28. The van der Waals surface area contributed by atoms with Crippen LogP contribution in [0.3, 0.4) is 0 Å². The van der Waals surface area contributed by atoms with Gasteiger partial charge < -0.3 is 4.74 Å². The van der Waals surface area contributed by atoms with Gasteiger partial charge in [0.05, 0.1) is 6.10 Å². The van der Waals surface area contributed by atoms with Gasteiger partial charge >= 0.3 is 6.18 Å².